The van der Waals surface area contributed by atoms with Gasteiger partial charge in [-0.15, -0.1) is 0 Å². The molecule has 0 aromatic heterocycles. The van der Waals surface area contributed by atoms with Crippen LogP contribution in [0.3, 0.4) is 0 Å². The number of ketones is 1. The average molecular weight is 286 g/mol. The van der Waals surface area contributed by atoms with Gasteiger partial charge in [0.25, 0.3) is 0 Å². The highest BCUT2D eigenvalue weighted by atomic mass is 16.6. The minimum absolute atomic E-state index is 0.0736. The van der Waals surface area contributed by atoms with Gasteiger partial charge in [0.1, 0.15) is 11.3 Å². The number of methoxy groups -OCH3 is 1. The first kappa shape index (κ1) is 14.6. The van der Waals surface area contributed by atoms with Gasteiger partial charge in [-0.05, 0) is 31.2 Å². The number of hydrogen-bond donors (Lipinski definition) is 1. The van der Waals surface area contributed by atoms with Crippen molar-refractivity contribution in [1.29, 1.82) is 0 Å². The molecule has 0 bridgehead atoms. The summed E-state index contributed by atoms with van der Waals surface area (Å²) in [5.41, 5.74) is -0.00178. The van der Waals surface area contributed by atoms with Gasteiger partial charge in [-0.3, -0.25) is 4.79 Å². The number of esters is 1. The van der Waals surface area contributed by atoms with E-state index in [2.05, 4.69) is 0 Å². The molecule has 0 radical (unpaired) electrons. The van der Waals surface area contributed by atoms with Crippen LogP contribution in [0.15, 0.2) is 42.5 Å². The van der Waals surface area contributed by atoms with Gasteiger partial charge in [0, 0.05) is 0 Å². The van der Waals surface area contributed by atoms with Crippen LogP contribution in [0.4, 0.5) is 0 Å². The second kappa shape index (κ2) is 6.09. The lowest BCUT2D eigenvalue weighted by Crippen LogP contribution is -2.10. The SMILES string of the molecule is COc1ccccc1OC(=O)c1cccc(C(C)=O)c1O. The Labute approximate surface area is 121 Å². The maximum atomic E-state index is 12.1. The van der Waals surface area contributed by atoms with Gasteiger partial charge in [0.2, 0.25) is 0 Å². The molecular weight excluding hydrogens is 272 g/mol. The Balaban J connectivity index is 2.33. The van der Waals surface area contributed by atoms with Crippen LogP contribution < -0.4 is 9.47 Å². The first-order chi connectivity index (χ1) is 10.0. The number of carbonyl (C=O) groups excluding carboxylic acids is 2. The van der Waals surface area contributed by atoms with Crippen molar-refractivity contribution in [3.63, 3.8) is 0 Å². The van der Waals surface area contributed by atoms with Crippen LogP contribution in [-0.4, -0.2) is 24.0 Å². The van der Waals surface area contributed by atoms with Crippen molar-refractivity contribution in [3.05, 3.63) is 53.6 Å². The van der Waals surface area contributed by atoms with Gasteiger partial charge < -0.3 is 14.6 Å². The Bertz CT molecular complexity index is 691. The van der Waals surface area contributed by atoms with Crippen LogP contribution in [0.5, 0.6) is 17.2 Å². The lowest BCUT2D eigenvalue weighted by atomic mass is 10.1. The maximum Gasteiger partial charge on any atom is 0.347 e. The second-order valence-electron chi connectivity index (χ2n) is 4.30. The normalized spacial score (nSPS) is 10.0. The molecule has 0 aliphatic heterocycles. The Morgan fingerprint density at radius 2 is 1.57 bits per heavy atom. The highest BCUT2D eigenvalue weighted by molar-refractivity contribution is 6.02. The van der Waals surface area contributed by atoms with Crippen LogP contribution in [0.25, 0.3) is 0 Å². The zero-order chi connectivity index (χ0) is 15.4. The van der Waals surface area contributed by atoms with Crippen molar-refractivity contribution in [2.45, 2.75) is 6.92 Å². The smallest absolute Gasteiger partial charge is 0.347 e. The Hall–Kier alpha value is -2.82. The van der Waals surface area contributed by atoms with E-state index in [4.69, 9.17) is 9.47 Å². The average Bonchev–Trinajstić information content (AvgIpc) is 2.47. The number of benzene rings is 2. The molecule has 2 rings (SSSR count). The summed E-state index contributed by atoms with van der Waals surface area (Å²) in [6, 6.07) is 11.0. The fourth-order valence-electron chi connectivity index (χ4n) is 1.85. The third-order valence-electron chi connectivity index (χ3n) is 2.91. The third kappa shape index (κ3) is 3.02. The number of phenolic OH excluding ortho intramolecular Hbond substituents is 1. The Morgan fingerprint density at radius 3 is 2.19 bits per heavy atom. The van der Waals surface area contributed by atoms with Crippen LogP contribution in [0, 0.1) is 0 Å². The summed E-state index contributed by atoms with van der Waals surface area (Å²) < 4.78 is 10.3. The van der Waals surface area contributed by atoms with E-state index in [0.29, 0.717) is 5.75 Å². The molecule has 0 amide bonds. The zero-order valence-corrected chi connectivity index (χ0v) is 11.6. The first-order valence-corrected chi connectivity index (χ1v) is 6.22. The standard InChI is InChI=1S/C16H14O5/c1-10(17)11-6-5-7-12(15(11)18)16(19)21-14-9-4-3-8-13(14)20-2/h3-9,18H,1-2H3. The summed E-state index contributed by atoms with van der Waals surface area (Å²) in [6.07, 6.45) is 0. The van der Waals surface area contributed by atoms with Crippen LogP contribution in [0.1, 0.15) is 27.6 Å². The van der Waals surface area contributed by atoms with E-state index < -0.39 is 5.97 Å². The largest absolute Gasteiger partial charge is 0.506 e. The molecule has 0 spiro atoms. The van der Waals surface area contributed by atoms with Gasteiger partial charge in [-0.2, -0.15) is 0 Å². The van der Waals surface area contributed by atoms with Crippen molar-refractivity contribution in [2.24, 2.45) is 0 Å². The number of phenols is 1. The number of para-hydroxylation sites is 3. The predicted octanol–water partition coefficient (Wildman–Crippen LogP) is 2.82. The van der Waals surface area contributed by atoms with Crippen LogP contribution >= 0.6 is 0 Å². The van der Waals surface area contributed by atoms with Crippen molar-refractivity contribution in [1.82, 2.24) is 0 Å². The highest BCUT2D eigenvalue weighted by Gasteiger charge is 2.19. The number of Topliss-reactive ketones (excluding diaryl/α,β-unsaturated/α-hetero) is 1. The maximum absolute atomic E-state index is 12.1. The quantitative estimate of drug-likeness (QED) is 0.531. The number of ether oxygens (including phenoxy) is 2. The summed E-state index contributed by atoms with van der Waals surface area (Å²) in [7, 11) is 1.46. The Kier molecular flexibility index (Phi) is 4.23. The minimum atomic E-state index is -0.764. The summed E-state index contributed by atoms with van der Waals surface area (Å²) in [4.78, 5) is 23.5. The van der Waals surface area contributed by atoms with Gasteiger partial charge in [-0.25, -0.2) is 4.79 Å². The van der Waals surface area contributed by atoms with Gasteiger partial charge in [-0.1, -0.05) is 18.2 Å². The molecule has 0 heterocycles. The fourth-order valence-corrected chi connectivity index (χ4v) is 1.85. The molecule has 2 aromatic carbocycles. The van der Waals surface area contributed by atoms with E-state index in [0.717, 1.165) is 0 Å². The molecule has 0 saturated carbocycles. The molecule has 0 atom stereocenters. The molecule has 0 saturated heterocycles. The van der Waals surface area contributed by atoms with E-state index in [1.165, 1.54) is 32.2 Å². The van der Waals surface area contributed by atoms with E-state index >= 15 is 0 Å². The molecule has 5 heteroatoms. The molecular formula is C16H14O5. The molecule has 0 unspecified atom stereocenters. The van der Waals surface area contributed by atoms with E-state index in [9.17, 15) is 14.7 Å². The van der Waals surface area contributed by atoms with E-state index in [1.54, 1.807) is 24.3 Å². The predicted molar refractivity (Wildman–Crippen MR) is 76.1 cm³/mol. The topological polar surface area (TPSA) is 72.8 Å². The number of carbonyl (C=O) groups is 2. The molecule has 5 nitrogen and oxygen atoms in total. The molecule has 2 aromatic rings. The molecule has 108 valence electrons. The minimum Gasteiger partial charge on any atom is -0.506 e. The van der Waals surface area contributed by atoms with Crippen molar-refractivity contribution in [2.75, 3.05) is 7.11 Å². The van der Waals surface area contributed by atoms with Crippen LogP contribution in [-0.2, 0) is 0 Å². The summed E-state index contributed by atoms with van der Waals surface area (Å²) in [5.74, 6) is -0.852. The van der Waals surface area contributed by atoms with Crippen molar-refractivity contribution < 1.29 is 24.2 Å². The summed E-state index contributed by atoms with van der Waals surface area (Å²) in [6.45, 7) is 1.31. The monoisotopic (exact) mass is 286 g/mol. The van der Waals surface area contributed by atoms with Crippen molar-refractivity contribution in [3.8, 4) is 17.2 Å². The molecule has 0 aliphatic carbocycles. The first-order valence-electron chi connectivity index (χ1n) is 6.22. The summed E-state index contributed by atoms with van der Waals surface area (Å²) >= 11 is 0. The second-order valence-corrected chi connectivity index (χ2v) is 4.30. The van der Waals surface area contributed by atoms with E-state index in [-0.39, 0.29) is 28.4 Å². The summed E-state index contributed by atoms with van der Waals surface area (Å²) in [5, 5.41) is 9.98. The van der Waals surface area contributed by atoms with Gasteiger partial charge in [0.15, 0.2) is 17.3 Å². The lowest BCUT2D eigenvalue weighted by molar-refractivity contribution is 0.0726. The van der Waals surface area contributed by atoms with Crippen molar-refractivity contribution >= 4 is 11.8 Å². The lowest BCUT2D eigenvalue weighted by Gasteiger charge is -2.10. The molecule has 0 aliphatic rings. The Morgan fingerprint density at radius 1 is 0.952 bits per heavy atom. The number of hydrogen-bond acceptors (Lipinski definition) is 5. The fraction of sp³-hybridized carbons (Fsp3) is 0.125. The van der Waals surface area contributed by atoms with Gasteiger partial charge >= 0.3 is 5.97 Å². The molecule has 0 fully saturated rings. The zero-order valence-electron chi connectivity index (χ0n) is 11.6. The van der Waals surface area contributed by atoms with Crippen LogP contribution in [0.2, 0.25) is 0 Å². The number of aromatic hydroxyl groups is 1. The highest BCUT2D eigenvalue weighted by Crippen LogP contribution is 2.29. The number of rotatable bonds is 4. The molecule has 1 N–H and O–H groups in total. The van der Waals surface area contributed by atoms with E-state index in [1.807, 2.05) is 0 Å². The van der Waals surface area contributed by atoms with Gasteiger partial charge in [0.05, 0.1) is 12.7 Å². The third-order valence-corrected chi connectivity index (χ3v) is 2.91. The molecule has 21 heavy (non-hydrogen) atoms.